The number of halogens is 1. The molecule has 0 radical (unpaired) electrons. The fraction of sp³-hybridized carbons (Fsp3) is 0.0714. The van der Waals surface area contributed by atoms with Crippen LogP contribution in [0.15, 0.2) is 59.1 Å². The van der Waals surface area contributed by atoms with Gasteiger partial charge in [0, 0.05) is 4.47 Å². The maximum atomic E-state index is 11.7. The maximum absolute atomic E-state index is 11.7. The van der Waals surface area contributed by atoms with Gasteiger partial charge >= 0.3 is 5.97 Å². The van der Waals surface area contributed by atoms with Gasteiger partial charge in [-0.25, -0.2) is 4.79 Å². The van der Waals surface area contributed by atoms with E-state index in [0.717, 1.165) is 10.0 Å². The van der Waals surface area contributed by atoms with Crippen LogP contribution < -0.4 is 0 Å². The Balaban J connectivity index is 1.98. The first-order valence-corrected chi connectivity index (χ1v) is 6.01. The van der Waals surface area contributed by atoms with E-state index in [-0.39, 0.29) is 5.97 Å². The molecule has 2 aromatic carbocycles. The van der Waals surface area contributed by atoms with Crippen LogP contribution in [0.4, 0.5) is 0 Å². The molecular formula is C14H11BrO2. The van der Waals surface area contributed by atoms with Crippen LogP contribution in [0.5, 0.6) is 0 Å². The molecule has 0 fully saturated rings. The van der Waals surface area contributed by atoms with Gasteiger partial charge in [-0.3, -0.25) is 0 Å². The first kappa shape index (κ1) is 11.9. The predicted molar refractivity (Wildman–Crippen MR) is 69.7 cm³/mol. The highest BCUT2D eigenvalue weighted by Crippen LogP contribution is 2.13. The minimum absolute atomic E-state index is 0.298. The highest BCUT2D eigenvalue weighted by Gasteiger charge is 2.07. The average Bonchev–Trinajstić information content (AvgIpc) is 2.37. The Morgan fingerprint density at radius 1 is 1.06 bits per heavy atom. The van der Waals surface area contributed by atoms with Crippen LogP contribution in [-0.4, -0.2) is 5.97 Å². The zero-order valence-corrected chi connectivity index (χ0v) is 10.7. The molecule has 2 rings (SSSR count). The number of carbonyl (C=O) groups excluding carboxylic acids is 1. The fourth-order valence-corrected chi connectivity index (χ4v) is 1.82. The number of ether oxygens (including phenoxy) is 1. The molecule has 0 saturated carbocycles. The van der Waals surface area contributed by atoms with Crippen LogP contribution in [0, 0.1) is 0 Å². The molecule has 0 spiro atoms. The molecule has 0 heterocycles. The van der Waals surface area contributed by atoms with Gasteiger partial charge in [0.25, 0.3) is 0 Å². The van der Waals surface area contributed by atoms with Crippen molar-refractivity contribution in [1.82, 2.24) is 0 Å². The molecule has 0 bridgehead atoms. The molecule has 0 atom stereocenters. The van der Waals surface area contributed by atoms with Crippen molar-refractivity contribution in [3.8, 4) is 0 Å². The zero-order chi connectivity index (χ0) is 12.1. The Labute approximate surface area is 108 Å². The highest BCUT2D eigenvalue weighted by molar-refractivity contribution is 9.10. The molecule has 0 aliphatic carbocycles. The van der Waals surface area contributed by atoms with Crippen molar-refractivity contribution < 1.29 is 9.53 Å². The third-order valence-corrected chi connectivity index (χ3v) is 2.77. The molecule has 0 amide bonds. The van der Waals surface area contributed by atoms with Crippen molar-refractivity contribution >= 4 is 21.9 Å². The highest BCUT2D eigenvalue weighted by atomic mass is 79.9. The smallest absolute Gasteiger partial charge is 0.338 e. The van der Waals surface area contributed by atoms with E-state index in [9.17, 15) is 4.79 Å². The Bertz CT molecular complexity index is 509. The summed E-state index contributed by atoms with van der Waals surface area (Å²) in [6, 6.07) is 16.8. The number of hydrogen-bond acceptors (Lipinski definition) is 2. The third-order valence-electron chi connectivity index (χ3n) is 2.27. The van der Waals surface area contributed by atoms with Crippen molar-refractivity contribution in [2.24, 2.45) is 0 Å². The van der Waals surface area contributed by atoms with E-state index in [1.807, 2.05) is 42.5 Å². The molecule has 0 unspecified atom stereocenters. The van der Waals surface area contributed by atoms with E-state index in [1.54, 1.807) is 12.1 Å². The van der Waals surface area contributed by atoms with E-state index in [1.165, 1.54) is 0 Å². The molecule has 0 aliphatic heterocycles. The summed E-state index contributed by atoms with van der Waals surface area (Å²) in [6.07, 6.45) is 0. The van der Waals surface area contributed by atoms with Crippen molar-refractivity contribution in [3.05, 3.63) is 70.2 Å². The Morgan fingerprint density at radius 2 is 1.82 bits per heavy atom. The number of esters is 1. The Kier molecular flexibility index (Phi) is 3.94. The molecule has 17 heavy (non-hydrogen) atoms. The van der Waals surface area contributed by atoms with Gasteiger partial charge in [0.05, 0.1) is 5.56 Å². The molecule has 3 heteroatoms. The summed E-state index contributed by atoms with van der Waals surface area (Å²) in [4.78, 5) is 11.7. The summed E-state index contributed by atoms with van der Waals surface area (Å²) < 4.78 is 6.08. The SMILES string of the molecule is O=C(OCc1ccccc1)c1cccc(Br)c1. The second kappa shape index (κ2) is 5.64. The minimum Gasteiger partial charge on any atom is -0.457 e. The summed E-state index contributed by atoms with van der Waals surface area (Å²) in [7, 11) is 0. The number of carbonyl (C=O) groups is 1. The quantitative estimate of drug-likeness (QED) is 0.804. The monoisotopic (exact) mass is 290 g/mol. The first-order valence-electron chi connectivity index (χ1n) is 5.22. The van der Waals surface area contributed by atoms with Gasteiger partial charge in [0.1, 0.15) is 6.61 Å². The molecule has 2 nitrogen and oxygen atoms in total. The molecule has 2 aromatic rings. The van der Waals surface area contributed by atoms with Crippen LogP contribution >= 0.6 is 15.9 Å². The number of benzene rings is 2. The van der Waals surface area contributed by atoms with E-state index >= 15 is 0 Å². The second-order valence-corrected chi connectivity index (χ2v) is 4.49. The predicted octanol–water partition coefficient (Wildman–Crippen LogP) is 3.81. The Morgan fingerprint density at radius 3 is 2.53 bits per heavy atom. The topological polar surface area (TPSA) is 26.3 Å². The van der Waals surface area contributed by atoms with Crippen molar-refractivity contribution in [2.75, 3.05) is 0 Å². The van der Waals surface area contributed by atoms with E-state index in [0.29, 0.717) is 12.2 Å². The second-order valence-electron chi connectivity index (χ2n) is 3.57. The zero-order valence-electron chi connectivity index (χ0n) is 9.10. The van der Waals surface area contributed by atoms with E-state index < -0.39 is 0 Å². The lowest BCUT2D eigenvalue weighted by atomic mass is 10.2. The molecule has 0 aliphatic rings. The first-order chi connectivity index (χ1) is 8.25. The van der Waals surface area contributed by atoms with Gasteiger partial charge in [-0.15, -0.1) is 0 Å². The minimum atomic E-state index is -0.310. The van der Waals surface area contributed by atoms with Gasteiger partial charge in [-0.1, -0.05) is 52.3 Å². The summed E-state index contributed by atoms with van der Waals surface area (Å²) >= 11 is 3.32. The van der Waals surface area contributed by atoms with Crippen molar-refractivity contribution in [2.45, 2.75) is 6.61 Å². The normalized spacial score (nSPS) is 9.94. The molecule has 0 saturated heterocycles. The standard InChI is InChI=1S/C14H11BrO2/c15-13-8-4-7-12(9-13)14(16)17-10-11-5-2-1-3-6-11/h1-9H,10H2. The van der Waals surface area contributed by atoms with Crippen LogP contribution in [0.1, 0.15) is 15.9 Å². The lowest BCUT2D eigenvalue weighted by Crippen LogP contribution is -2.04. The van der Waals surface area contributed by atoms with Gasteiger partial charge < -0.3 is 4.74 Å². The average molecular weight is 291 g/mol. The van der Waals surface area contributed by atoms with Crippen LogP contribution in [0.2, 0.25) is 0 Å². The lowest BCUT2D eigenvalue weighted by Gasteiger charge is -2.05. The molecule has 0 N–H and O–H groups in total. The van der Waals surface area contributed by atoms with Gasteiger partial charge in [0.15, 0.2) is 0 Å². The van der Waals surface area contributed by atoms with Gasteiger partial charge in [-0.05, 0) is 23.8 Å². The number of hydrogen-bond donors (Lipinski definition) is 0. The largest absolute Gasteiger partial charge is 0.457 e. The van der Waals surface area contributed by atoms with Crippen LogP contribution in [0.3, 0.4) is 0 Å². The van der Waals surface area contributed by atoms with Gasteiger partial charge in [-0.2, -0.15) is 0 Å². The van der Waals surface area contributed by atoms with Gasteiger partial charge in [0.2, 0.25) is 0 Å². The van der Waals surface area contributed by atoms with Crippen LogP contribution in [0.25, 0.3) is 0 Å². The van der Waals surface area contributed by atoms with Crippen molar-refractivity contribution in [1.29, 1.82) is 0 Å². The third kappa shape index (κ3) is 3.43. The van der Waals surface area contributed by atoms with Crippen LogP contribution in [-0.2, 0) is 11.3 Å². The van der Waals surface area contributed by atoms with Crippen molar-refractivity contribution in [3.63, 3.8) is 0 Å². The fourth-order valence-electron chi connectivity index (χ4n) is 1.42. The molecule has 0 aromatic heterocycles. The summed E-state index contributed by atoms with van der Waals surface area (Å²) in [6.45, 7) is 0.298. The van der Waals surface area contributed by atoms with E-state index in [2.05, 4.69) is 15.9 Å². The molecular weight excluding hydrogens is 280 g/mol. The molecule has 86 valence electrons. The Hall–Kier alpha value is -1.61. The summed E-state index contributed by atoms with van der Waals surface area (Å²) in [5.74, 6) is -0.310. The summed E-state index contributed by atoms with van der Waals surface area (Å²) in [5, 5.41) is 0. The summed E-state index contributed by atoms with van der Waals surface area (Å²) in [5.41, 5.74) is 1.53. The lowest BCUT2D eigenvalue weighted by molar-refractivity contribution is 0.0472. The maximum Gasteiger partial charge on any atom is 0.338 e. The van der Waals surface area contributed by atoms with E-state index in [4.69, 9.17) is 4.74 Å². The number of rotatable bonds is 3.